The molecule has 2 heterocycles. The number of fused-ring (bicyclic) bond motifs is 1. The molecule has 2 aromatic heterocycles. The second-order valence-electron chi connectivity index (χ2n) is 6.44. The molecule has 2 aromatic carbocycles. The lowest BCUT2D eigenvalue weighted by Gasteiger charge is -2.08. The number of rotatable bonds is 7. The number of hydrogen-bond donors (Lipinski definition) is 1. The van der Waals surface area contributed by atoms with Crippen molar-refractivity contribution in [1.82, 2.24) is 25.1 Å². The van der Waals surface area contributed by atoms with Gasteiger partial charge < -0.3 is 10.1 Å². The molecule has 4 rings (SSSR count). The van der Waals surface area contributed by atoms with Crippen LogP contribution >= 0.6 is 11.6 Å². The minimum atomic E-state index is -0.371. The molecule has 0 saturated carbocycles. The molecule has 4 aromatic rings. The molecular formula is C21H17ClFN5O2. The number of nitrogens with zero attached hydrogens (tertiary/aromatic N) is 4. The van der Waals surface area contributed by atoms with Crippen molar-refractivity contribution in [3.8, 4) is 17.3 Å². The fraction of sp³-hybridized carbons (Fsp3) is 0.143. The third kappa shape index (κ3) is 4.55. The van der Waals surface area contributed by atoms with Gasteiger partial charge in [-0.25, -0.2) is 4.39 Å². The average Bonchev–Trinajstić information content (AvgIpc) is 3.16. The van der Waals surface area contributed by atoms with Gasteiger partial charge in [-0.3, -0.25) is 4.79 Å². The maximum absolute atomic E-state index is 13.5. The largest absolute Gasteiger partial charge is 0.475 e. The summed E-state index contributed by atoms with van der Waals surface area (Å²) in [6, 6.07) is 16.6. The third-order valence-electron chi connectivity index (χ3n) is 4.30. The van der Waals surface area contributed by atoms with Crippen molar-refractivity contribution in [2.75, 3.05) is 13.2 Å². The summed E-state index contributed by atoms with van der Waals surface area (Å²) in [6.45, 7) is 0.534. The van der Waals surface area contributed by atoms with Gasteiger partial charge in [-0.1, -0.05) is 41.9 Å². The molecule has 0 aliphatic heterocycles. The van der Waals surface area contributed by atoms with E-state index >= 15 is 0 Å². The molecular weight excluding hydrogens is 409 g/mol. The number of aromatic nitrogens is 4. The van der Waals surface area contributed by atoms with Crippen LogP contribution in [0.4, 0.5) is 4.39 Å². The summed E-state index contributed by atoms with van der Waals surface area (Å²) in [7, 11) is 0. The first kappa shape index (κ1) is 19.8. The average molecular weight is 426 g/mol. The normalized spacial score (nSPS) is 10.9. The number of nitrogens with one attached hydrogen (secondary N) is 1. The van der Waals surface area contributed by atoms with Crippen LogP contribution in [-0.4, -0.2) is 38.9 Å². The Kier molecular flexibility index (Phi) is 5.85. The first-order chi connectivity index (χ1) is 14.6. The summed E-state index contributed by atoms with van der Waals surface area (Å²) in [4.78, 5) is 12.1. The lowest BCUT2D eigenvalue weighted by Crippen LogP contribution is -2.29. The van der Waals surface area contributed by atoms with Crippen LogP contribution in [0.1, 0.15) is 5.56 Å². The molecule has 0 bridgehead atoms. The fourth-order valence-electron chi connectivity index (χ4n) is 2.88. The van der Waals surface area contributed by atoms with Gasteiger partial charge in [-0.15, -0.1) is 15.3 Å². The van der Waals surface area contributed by atoms with Crippen LogP contribution in [0, 0.1) is 5.82 Å². The lowest BCUT2D eigenvalue weighted by molar-refractivity contribution is -0.120. The van der Waals surface area contributed by atoms with Gasteiger partial charge in [0, 0.05) is 16.7 Å². The van der Waals surface area contributed by atoms with Crippen LogP contribution in [0.3, 0.4) is 0 Å². The molecule has 0 saturated heterocycles. The lowest BCUT2D eigenvalue weighted by atomic mass is 10.1. The Hall–Kier alpha value is -3.52. The molecule has 152 valence electrons. The van der Waals surface area contributed by atoms with Gasteiger partial charge in [0.05, 0.1) is 13.0 Å². The highest BCUT2D eigenvalue weighted by molar-refractivity contribution is 6.31. The van der Waals surface area contributed by atoms with E-state index in [0.717, 1.165) is 5.56 Å². The van der Waals surface area contributed by atoms with Crippen molar-refractivity contribution < 1.29 is 13.9 Å². The number of carbonyl (C=O) groups excluding carboxylic acids is 1. The second-order valence-corrected chi connectivity index (χ2v) is 6.85. The number of hydrogen-bond acceptors (Lipinski definition) is 5. The topological polar surface area (TPSA) is 81.4 Å². The number of amides is 1. The van der Waals surface area contributed by atoms with Gasteiger partial charge in [0.1, 0.15) is 12.4 Å². The van der Waals surface area contributed by atoms with E-state index in [1.165, 1.54) is 16.6 Å². The first-order valence-corrected chi connectivity index (χ1v) is 9.59. The summed E-state index contributed by atoms with van der Waals surface area (Å²) in [5.41, 5.74) is 1.83. The zero-order valence-electron chi connectivity index (χ0n) is 15.8. The Morgan fingerprint density at radius 1 is 1.10 bits per heavy atom. The van der Waals surface area contributed by atoms with Crippen molar-refractivity contribution in [3.05, 3.63) is 77.1 Å². The minimum Gasteiger partial charge on any atom is -0.475 e. The molecule has 0 unspecified atom stereocenters. The van der Waals surface area contributed by atoms with Crippen LogP contribution in [0.15, 0.2) is 60.7 Å². The molecule has 0 atom stereocenters. The second kappa shape index (κ2) is 8.87. The number of carbonyl (C=O) groups is 1. The molecule has 1 amide bonds. The quantitative estimate of drug-likeness (QED) is 0.459. The van der Waals surface area contributed by atoms with Crippen molar-refractivity contribution in [2.45, 2.75) is 6.42 Å². The summed E-state index contributed by atoms with van der Waals surface area (Å²) >= 11 is 6.07. The van der Waals surface area contributed by atoms with Crippen LogP contribution in [0.2, 0.25) is 5.02 Å². The smallest absolute Gasteiger partial charge is 0.231 e. The van der Waals surface area contributed by atoms with Gasteiger partial charge in [0.15, 0.2) is 11.5 Å². The van der Waals surface area contributed by atoms with E-state index in [9.17, 15) is 9.18 Å². The highest BCUT2D eigenvalue weighted by Gasteiger charge is 2.11. The number of ether oxygens (including phenoxy) is 1. The predicted molar refractivity (Wildman–Crippen MR) is 110 cm³/mol. The van der Waals surface area contributed by atoms with Crippen molar-refractivity contribution in [3.63, 3.8) is 0 Å². The van der Waals surface area contributed by atoms with E-state index < -0.39 is 0 Å². The van der Waals surface area contributed by atoms with Gasteiger partial charge in [-0.05, 0) is 29.8 Å². The molecule has 30 heavy (non-hydrogen) atoms. The van der Waals surface area contributed by atoms with E-state index in [1.807, 2.05) is 18.2 Å². The standard InChI is InChI=1S/C21H17ClFN5O2/c22-17-7-2-1-4-14(17)13-19(29)24-10-11-30-20-9-8-18-25-26-21(28(18)27-20)15-5-3-6-16(23)12-15/h1-9,12H,10-11,13H2,(H,24,29). The first-order valence-electron chi connectivity index (χ1n) is 9.21. The van der Waals surface area contributed by atoms with Crippen LogP contribution in [-0.2, 0) is 11.2 Å². The number of halogens is 2. The Bertz CT molecular complexity index is 1200. The third-order valence-corrected chi connectivity index (χ3v) is 4.67. The van der Waals surface area contributed by atoms with Gasteiger partial charge in [0.2, 0.25) is 11.8 Å². The maximum atomic E-state index is 13.5. The maximum Gasteiger partial charge on any atom is 0.231 e. The monoisotopic (exact) mass is 425 g/mol. The summed E-state index contributed by atoms with van der Waals surface area (Å²) in [6.07, 6.45) is 0.196. The Morgan fingerprint density at radius 2 is 1.97 bits per heavy atom. The van der Waals surface area contributed by atoms with Crippen LogP contribution in [0.5, 0.6) is 5.88 Å². The molecule has 0 spiro atoms. The summed E-state index contributed by atoms with van der Waals surface area (Å²) in [5, 5.41) is 15.8. The molecule has 0 fully saturated rings. The molecule has 1 N–H and O–H groups in total. The van der Waals surface area contributed by atoms with Gasteiger partial charge in [-0.2, -0.15) is 4.52 Å². The van der Waals surface area contributed by atoms with E-state index in [1.54, 1.807) is 30.3 Å². The van der Waals surface area contributed by atoms with Crippen molar-refractivity contribution in [1.29, 1.82) is 0 Å². The van der Waals surface area contributed by atoms with Crippen LogP contribution < -0.4 is 10.1 Å². The Labute approximate surface area is 176 Å². The van der Waals surface area contributed by atoms with E-state index in [0.29, 0.717) is 34.5 Å². The zero-order valence-corrected chi connectivity index (χ0v) is 16.5. The Morgan fingerprint density at radius 3 is 2.80 bits per heavy atom. The van der Waals surface area contributed by atoms with Gasteiger partial charge >= 0.3 is 0 Å². The van der Waals surface area contributed by atoms with E-state index in [2.05, 4.69) is 20.6 Å². The van der Waals surface area contributed by atoms with Gasteiger partial charge in [0.25, 0.3) is 0 Å². The minimum absolute atomic E-state index is 0.151. The molecule has 0 aliphatic carbocycles. The molecule has 9 heteroatoms. The van der Waals surface area contributed by atoms with Crippen LogP contribution in [0.25, 0.3) is 17.0 Å². The Balaban J connectivity index is 1.36. The summed E-state index contributed by atoms with van der Waals surface area (Å²) < 4.78 is 20.6. The number of benzene rings is 2. The zero-order chi connectivity index (χ0) is 20.9. The van der Waals surface area contributed by atoms with Crippen molar-refractivity contribution in [2.24, 2.45) is 0 Å². The molecule has 7 nitrogen and oxygen atoms in total. The highest BCUT2D eigenvalue weighted by Crippen LogP contribution is 2.20. The molecule has 0 aliphatic rings. The predicted octanol–water partition coefficient (Wildman–Crippen LogP) is 3.32. The molecule has 0 radical (unpaired) electrons. The van der Waals surface area contributed by atoms with Crippen molar-refractivity contribution >= 4 is 23.2 Å². The summed E-state index contributed by atoms with van der Waals surface area (Å²) in [5.74, 6) is 0.217. The fourth-order valence-corrected chi connectivity index (χ4v) is 3.08. The van der Waals surface area contributed by atoms with E-state index in [-0.39, 0.29) is 24.8 Å². The van der Waals surface area contributed by atoms with E-state index in [4.69, 9.17) is 16.3 Å². The highest BCUT2D eigenvalue weighted by atomic mass is 35.5. The SMILES string of the molecule is O=C(Cc1ccccc1Cl)NCCOc1ccc2nnc(-c3cccc(F)c3)n2n1.